The van der Waals surface area contributed by atoms with Crippen molar-refractivity contribution < 1.29 is 18.5 Å². The molecule has 0 aromatic heterocycles. The van der Waals surface area contributed by atoms with E-state index in [-0.39, 0.29) is 17.9 Å². The molecule has 0 amide bonds. The molecule has 0 radical (unpaired) electrons. The summed E-state index contributed by atoms with van der Waals surface area (Å²) >= 11 is 0. The lowest BCUT2D eigenvalue weighted by molar-refractivity contribution is -0.384. The summed E-state index contributed by atoms with van der Waals surface area (Å²) in [5, 5.41) is 14.2. The average Bonchev–Trinajstić information content (AvgIpc) is 2.65. The van der Waals surface area contributed by atoms with Crippen molar-refractivity contribution in [3.63, 3.8) is 0 Å². The number of nitro benzene ring substituents is 1. The Hall–Kier alpha value is -2.41. The number of hydrogen-bond donors (Lipinski definition) is 1. The van der Waals surface area contributed by atoms with Crippen LogP contribution in [0.4, 0.5) is 17.1 Å². The van der Waals surface area contributed by atoms with Crippen molar-refractivity contribution in [1.29, 1.82) is 0 Å². The van der Waals surface area contributed by atoms with Crippen LogP contribution in [0.3, 0.4) is 0 Å². The number of anilines is 2. The molecule has 164 valence electrons. The number of non-ortho nitro benzene ring substituents is 1. The maximum atomic E-state index is 13.9. The Morgan fingerprint density at radius 2 is 1.43 bits per heavy atom. The zero-order valence-electron chi connectivity index (χ0n) is 18.2. The van der Waals surface area contributed by atoms with Crippen molar-refractivity contribution >= 4 is 24.7 Å². The molecule has 0 heterocycles. The van der Waals surface area contributed by atoms with Gasteiger partial charge in [0.25, 0.3) is 5.69 Å². The first-order chi connectivity index (χ1) is 14.0. The summed E-state index contributed by atoms with van der Waals surface area (Å²) in [4.78, 5) is 12.4. The second kappa shape index (κ2) is 10.1. The first kappa shape index (κ1) is 23.9. The van der Waals surface area contributed by atoms with Gasteiger partial charge >= 0.3 is 7.60 Å². The van der Waals surface area contributed by atoms with Crippen LogP contribution in [0, 0.1) is 10.1 Å². The molecule has 0 bridgehead atoms. The van der Waals surface area contributed by atoms with E-state index in [0.29, 0.717) is 5.69 Å². The lowest BCUT2D eigenvalue weighted by Gasteiger charge is -2.31. The van der Waals surface area contributed by atoms with Gasteiger partial charge in [0.05, 0.1) is 17.1 Å². The van der Waals surface area contributed by atoms with E-state index in [0.717, 1.165) is 11.3 Å². The molecule has 0 saturated carbocycles. The molecule has 2 aromatic carbocycles. The molecule has 8 nitrogen and oxygen atoms in total. The Balaban J connectivity index is 2.49. The summed E-state index contributed by atoms with van der Waals surface area (Å²) < 4.78 is 25.6. The normalized spacial score (nSPS) is 12.8. The van der Waals surface area contributed by atoms with Crippen molar-refractivity contribution in [2.45, 2.75) is 45.7 Å². The van der Waals surface area contributed by atoms with Crippen LogP contribution in [0.2, 0.25) is 0 Å². The van der Waals surface area contributed by atoms with Crippen molar-refractivity contribution in [2.75, 3.05) is 24.3 Å². The van der Waals surface area contributed by atoms with Gasteiger partial charge in [0, 0.05) is 37.6 Å². The molecule has 1 N–H and O–H groups in total. The number of nitrogens with zero attached hydrogens (tertiary/aromatic N) is 2. The van der Waals surface area contributed by atoms with Gasteiger partial charge in [-0.3, -0.25) is 14.7 Å². The van der Waals surface area contributed by atoms with Gasteiger partial charge < -0.3 is 19.3 Å². The largest absolute Gasteiger partial charge is 0.378 e. The van der Waals surface area contributed by atoms with E-state index in [2.05, 4.69) is 5.32 Å². The number of hydrogen-bond acceptors (Lipinski definition) is 7. The zero-order valence-corrected chi connectivity index (χ0v) is 19.1. The van der Waals surface area contributed by atoms with Crippen molar-refractivity contribution in [3.05, 3.63) is 64.2 Å². The first-order valence-electron chi connectivity index (χ1n) is 9.76. The summed E-state index contributed by atoms with van der Waals surface area (Å²) in [5.41, 5.74) is 2.27. The van der Waals surface area contributed by atoms with Gasteiger partial charge in [0.2, 0.25) is 0 Å². The summed E-state index contributed by atoms with van der Waals surface area (Å²) in [6.45, 7) is 7.20. The summed E-state index contributed by atoms with van der Waals surface area (Å²) in [7, 11) is 0.224. The maximum absolute atomic E-state index is 13.9. The van der Waals surface area contributed by atoms with Crippen LogP contribution in [-0.4, -0.2) is 31.2 Å². The minimum absolute atomic E-state index is 0.0209. The van der Waals surface area contributed by atoms with E-state index in [1.807, 2.05) is 43.3 Å². The quantitative estimate of drug-likeness (QED) is 0.286. The molecular formula is C21H30N3O5P. The van der Waals surface area contributed by atoms with Gasteiger partial charge in [0.1, 0.15) is 0 Å². The van der Waals surface area contributed by atoms with Crippen LogP contribution in [0.15, 0.2) is 48.5 Å². The third-order valence-corrected chi connectivity index (χ3v) is 6.63. The van der Waals surface area contributed by atoms with Crippen molar-refractivity contribution in [3.8, 4) is 0 Å². The number of nitro groups is 1. The maximum Gasteiger partial charge on any atom is 0.357 e. The molecule has 0 saturated heterocycles. The predicted molar refractivity (Wildman–Crippen MR) is 120 cm³/mol. The average molecular weight is 435 g/mol. The molecule has 1 unspecified atom stereocenters. The molecule has 0 fully saturated rings. The highest BCUT2D eigenvalue weighted by molar-refractivity contribution is 7.54. The monoisotopic (exact) mass is 435 g/mol. The highest BCUT2D eigenvalue weighted by Gasteiger charge is 2.39. The van der Waals surface area contributed by atoms with Gasteiger partial charge in [-0.2, -0.15) is 0 Å². The topological polar surface area (TPSA) is 93.9 Å². The molecule has 1 atom stereocenters. The fourth-order valence-electron chi connectivity index (χ4n) is 2.87. The molecule has 0 aliphatic heterocycles. The summed E-state index contributed by atoms with van der Waals surface area (Å²) in [6, 6.07) is 13.5. The molecule has 30 heavy (non-hydrogen) atoms. The van der Waals surface area contributed by atoms with Crippen LogP contribution in [-0.2, 0) is 13.6 Å². The Bertz CT molecular complexity index is 869. The number of rotatable bonds is 10. The smallest absolute Gasteiger partial charge is 0.357 e. The van der Waals surface area contributed by atoms with Crippen molar-refractivity contribution in [1.82, 2.24) is 0 Å². The molecule has 0 aliphatic carbocycles. The number of benzene rings is 2. The molecule has 2 aromatic rings. The highest BCUT2D eigenvalue weighted by atomic mass is 31.2. The Labute approximate surface area is 177 Å². The first-order valence-corrected chi connectivity index (χ1v) is 11.4. The molecular weight excluding hydrogens is 405 g/mol. The fourth-order valence-corrected chi connectivity index (χ4v) is 5.18. The van der Waals surface area contributed by atoms with Crippen LogP contribution in [0.5, 0.6) is 0 Å². The lowest BCUT2D eigenvalue weighted by Crippen LogP contribution is -2.19. The minimum Gasteiger partial charge on any atom is -0.378 e. The molecule has 9 heteroatoms. The Morgan fingerprint density at radius 3 is 1.83 bits per heavy atom. The molecule has 2 rings (SSSR count). The predicted octanol–water partition coefficient (Wildman–Crippen LogP) is 5.81. The van der Waals surface area contributed by atoms with Crippen LogP contribution in [0.1, 0.15) is 39.0 Å². The SMILES string of the molecule is CC(C)OP(=O)(OC(C)C)C(Nc1ccc([N+](=O)[O-])cc1)c1ccc(N(C)C)cc1. The molecule has 0 aliphatic rings. The standard InChI is InChI=1S/C21H30N3O5P/c1-15(2)28-30(27,29-16(3)4)21(17-7-11-19(12-8-17)23(5)6)22-18-9-13-20(14-10-18)24(25)26/h7-16,21-22H,1-6H3. The van der Waals surface area contributed by atoms with E-state index in [4.69, 9.17) is 9.05 Å². The summed E-state index contributed by atoms with van der Waals surface area (Å²) in [6.07, 6.45) is -0.645. The van der Waals surface area contributed by atoms with E-state index < -0.39 is 18.3 Å². The third-order valence-electron chi connectivity index (χ3n) is 4.14. The van der Waals surface area contributed by atoms with Gasteiger partial charge in [-0.1, -0.05) is 12.1 Å². The number of nitrogens with one attached hydrogen (secondary N) is 1. The van der Waals surface area contributed by atoms with Crippen LogP contribution in [0.25, 0.3) is 0 Å². The Morgan fingerprint density at radius 1 is 0.933 bits per heavy atom. The van der Waals surface area contributed by atoms with E-state index in [1.165, 1.54) is 12.1 Å². The summed E-state index contributed by atoms with van der Waals surface area (Å²) in [5.74, 6) is -0.792. The van der Waals surface area contributed by atoms with E-state index in [9.17, 15) is 14.7 Å². The molecule has 0 spiro atoms. The minimum atomic E-state index is -3.66. The van der Waals surface area contributed by atoms with Gasteiger partial charge in [-0.05, 0) is 57.5 Å². The fraction of sp³-hybridized carbons (Fsp3) is 0.429. The Kier molecular flexibility index (Phi) is 8.01. The van der Waals surface area contributed by atoms with Crippen LogP contribution < -0.4 is 10.2 Å². The lowest BCUT2D eigenvalue weighted by atomic mass is 10.2. The van der Waals surface area contributed by atoms with Gasteiger partial charge in [0.15, 0.2) is 5.78 Å². The van der Waals surface area contributed by atoms with Crippen LogP contribution >= 0.6 is 7.60 Å². The van der Waals surface area contributed by atoms with E-state index in [1.54, 1.807) is 39.8 Å². The third kappa shape index (κ3) is 6.29. The van der Waals surface area contributed by atoms with Gasteiger partial charge in [-0.25, -0.2) is 0 Å². The second-order valence-corrected chi connectivity index (χ2v) is 9.70. The van der Waals surface area contributed by atoms with E-state index >= 15 is 0 Å². The van der Waals surface area contributed by atoms with Crippen molar-refractivity contribution in [2.24, 2.45) is 0 Å². The van der Waals surface area contributed by atoms with Gasteiger partial charge in [-0.15, -0.1) is 0 Å². The highest BCUT2D eigenvalue weighted by Crippen LogP contribution is 2.62. The zero-order chi connectivity index (χ0) is 22.5. The second-order valence-electron chi connectivity index (χ2n) is 7.68.